The molecule has 0 spiro atoms. The van der Waals surface area contributed by atoms with Gasteiger partial charge in [0.25, 0.3) is 0 Å². The Morgan fingerprint density at radius 2 is 1.48 bits per heavy atom. The highest BCUT2D eigenvalue weighted by atomic mass is 16.5. The minimum atomic E-state index is -0.183. The number of carbonyl (C=O) groups is 1. The van der Waals surface area contributed by atoms with Gasteiger partial charge in [-0.05, 0) is 23.6 Å². The molecule has 3 nitrogen and oxygen atoms in total. The Kier molecular flexibility index (Phi) is 6.63. The summed E-state index contributed by atoms with van der Waals surface area (Å²) in [4.78, 5) is 15.9. The van der Waals surface area contributed by atoms with E-state index in [1.54, 1.807) is 0 Å². The number of carbonyl (C=O) groups excluding carboxylic acids is 1. The maximum atomic E-state index is 13.7. The topological polar surface area (TPSA) is 29.5 Å². The predicted octanol–water partition coefficient (Wildman–Crippen LogP) is 5.66. The fraction of sp³-hybridized carbons (Fsp3) is 0.250. The molecule has 158 valence electrons. The molecular weight excluding hydrogens is 382 g/mol. The zero-order valence-electron chi connectivity index (χ0n) is 18.2. The summed E-state index contributed by atoms with van der Waals surface area (Å²) in [5.74, 6) is -0.0352. The highest BCUT2D eigenvalue weighted by Gasteiger charge is 2.39. The van der Waals surface area contributed by atoms with E-state index in [2.05, 4.69) is 60.5 Å². The molecule has 3 aromatic carbocycles. The maximum Gasteiger partial charge on any atom is 0.168 e. The van der Waals surface area contributed by atoms with Gasteiger partial charge >= 0.3 is 0 Å². The van der Waals surface area contributed by atoms with Crippen molar-refractivity contribution < 1.29 is 9.53 Å². The highest BCUT2D eigenvalue weighted by molar-refractivity contribution is 5.99. The molecule has 0 fully saturated rings. The van der Waals surface area contributed by atoms with E-state index in [-0.39, 0.29) is 17.6 Å². The Hall–Kier alpha value is -3.17. The van der Waals surface area contributed by atoms with E-state index in [1.165, 1.54) is 11.3 Å². The summed E-state index contributed by atoms with van der Waals surface area (Å²) in [5.41, 5.74) is 5.42. The molecule has 31 heavy (non-hydrogen) atoms. The molecule has 1 aliphatic rings. The Morgan fingerprint density at radius 3 is 2.10 bits per heavy atom. The maximum absolute atomic E-state index is 13.7. The van der Waals surface area contributed by atoms with Gasteiger partial charge in [-0.15, -0.1) is 0 Å². The van der Waals surface area contributed by atoms with Crippen molar-refractivity contribution in [2.75, 3.05) is 26.8 Å². The van der Waals surface area contributed by atoms with Crippen molar-refractivity contribution in [2.45, 2.75) is 12.8 Å². The monoisotopic (exact) mass is 411 g/mol. The quantitative estimate of drug-likeness (QED) is 0.470. The number of nitrogens with zero attached hydrogens (tertiary/aromatic N) is 1. The molecule has 0 aromatic heterocycles. The molecule has 1 aliphatic heterocycles. The Morgan fingerprint density at radius 1 is 0.903 bits per heavy atom. The summed E-state index contributed by atoms with van der Waals surface area (Å²) in [7, 11) is 2.08. The van der Waals surface area contributed by atoms with Gasteiger partial charge in [-0.2, -0.15) is 0 Å². The Bertz CT molecular complexity index is 1030. The summed E-state index contributed by atoms with van der Waals surface area (Å²) in [6.07, 6.45) is 0. The number of hydrogen-bond donors (Lipinski definition) is 0. The lowest BCUT2D eigenvalue weighted by molar-refractivity contribution is 0.0868. The van der Waals surface area contributed by atoms with Crippen molar-refractivity contribution in [3.05, 3.63) is 113 Å². The molecule has 4 rings (SSSR count). The lowest BCUT2D eigenvalue weighted by atomic mass is 9.73. The number of ether oxygens (including phenoxy) is 1. The number of ketones is 1. The van der Waals surface area contributed by atoms with Gasteiger partial charge in [0.15, 0.2) is 5.78 Å². The van der Waals surface area contributed by atoms with Crippen LogP contribution in [0.25, 0.3) is 5.70 Å². The van der Waals surface area contributed by atoms with Crippen LogP contribution in [0.3, 0.4) is 0 Å². The summed E-state index contributed by atoms with van der Waals surface area (Å²) >= 11 is 0. The third kappa shape index (κ3) is 4.47. The summed E-state index contributed by atoms with van der Waals surface area (Å²) in [5, 5.41) is 0. The normalized spacial score (nSPS) is 18.8. The Balaban J connectivity index is 1.88. The van der Waals surface area contributed by atoms with Crippen molar-refractivity contribution in [3.63, 3.8) is 0 Å². The van der Waals surface area contributed by atoms with Gasteiger partial charge in [-0.25, -0.2) is 0 Å². The van der Waals surface area contributed by atoms with Crippen LogP contribution in [0.1, 0.15) is 34.3 Å². The van der Waals surface area contributed by atoms with Gasteiger partial charge in [-0.1, -0.05) is 91.0 Å². The molecule has 0 amide bonds. The van der Waals surface area contributed by atoms with Crippen LogP contribution in [0.2, 0.25) is 0 Å². The van der Waals surface area contributed by atoms with Gasteiger partial charge < -0.3 is 9.64 Å². The fourth-order valence-corrected chi connectivity index (χ4v) is 4.64. The van der Waals surface area contributed by atoms with Crippen molar-refractivity contribution in [1.82, 2.24) is 4.90 Å². The number of rotatable bonds is 7. The van der Waals surface area contributed by atoms with Crippen LogP contribution in [-0.2, 0) is 4.74 Å². The van der Waals surface area contributed by atoms with E-state index in [0.29, 0.717) is 19.8 Å². The van der Waals surface area contributed by atoms with Crippen LogP contribution in [0.4, 0.5) is 0 Å². The van der Waals surface area contributed by atoms with Crippen LogP contribution in [0.5, 0.6) is 0 Å². The van der Waals surface area contributed by atoms with Crippen LogP contribution < -0.4 is 0 Å². The van der Waals surface area contributed by atoms with Crippen molar-refractivity contribution in [2.24, 2.45) is 5.92 Å². The van der Waals surface area contributed by atoms with Crippen LogP contribution >= 0.6 is 0 Å². The van der Waals surface area contributed by atoms with Crippen molar-refractivity contribution in [3.8, 4) is 0 Å². The van der Waals surface area contributed by atoms with Crippen LogP contribution in [-0.4, -0.2) is 37.5 Å². The van der Waals surface area contributed by atoms with Crippen LogP contribution in [0.15, 0.2) is 96.6 Å². The summed E-state index contributed by atoms with van der Waals surface area (Å²) in [6, 6.07) is 30.5. The third-order valence-corrected chi connectivity index (χ3v) is 6.00. The second-order valence-electron chi connectivity index (χ2n) is 7.98. The minimum Gasteiger partial charge on any atom is -0.377 e. The molecule has 0 saturated heterocycles. The van der Waals surface area contributed by atoms with Gasteiger partial charge in [0.1, 0.15) is 0 Å². The molecule has 0 bridgehead atoms. The third-order valence-electron chi connectivity index (χ3n) is 6.00. The smallest absolute Gasteiger partial charge is 0.168 e. The predicted molar refractivity (Wildman–Crippen MR) is 126 cm³/mol. The molecule has 0 N–H and O–H groups in total. The first kappa shape index (κ1) is 21.1. The summed E-state index contributed by atoms with van der Waals surface area (Å²) in [6.45, 7) is 3.81. The fourth-order valence-electron chi connectivity index (χ4n) is 4.64. The Labute approximate surface area is 185 Å². The second-order valence-corrected chi connectivity index (χ2v) is 7.98. The average molecular weight is 412 g/mol. The van der Waals surface area contributed by atoms with Gasteiger partial charge in [-0.3, -0.25) is 4.79 Å². The van der Waals surface area contributed by atoms with Gasteiger partial charge in [0, 0.05) is 37.4 Å². The molecule has 0 unspecified atom stereocenters. The molecule has 1 heterocycles. The molecule has 3 heteroatoms. The summed E-state index contributed by atoms with van der Waals surface area (Å²) < 4.78 is 5.96. The van der Waals surface area contributed by atoms with Crippen molar-refractivity contribution >= 4 is 11.5 Å². The largest absolute Gasteiger partial charge is 0.377 e. The first-order chi connectivity index (χ1) is 15.2. The van der Waals surface area contributed by atoms with E-state index >= 15 is 0 Å². The van der Waals surface area contributed by atoms with Gasteiger partial charge in [0.05, 0.1) is 12.5 Å². The van der Waals surface area contributed by atoms with Crippen molar-refractivity contribution in [1.29, 1.82) is 0 Å². The number of hydrogen-bond acceptors (Lipinski definition) is 3. The SMILES string of the molecule is CCOCC1=C(c2ccccc2)N(C)C[C@H](C(=O)c2ccccc2)[C@@H]1c1ccccc1. The average Bonchev–Trinajstić information content (AvgIpc) is 2.83. The number of Topliss-reactive ketones (excluding diaryl/α,β-unsaturated/α-hetero) is 1. The zero-order valence-corrected chi connectivity index (χ0v) is 18.2. The highest BCUT2D eigenvalue weighted by Crippen LogP contribution is 2.43. The van der Waals surface area contributed by atoms with E-state index < -0.39 is 0 Å². The first-order valence-corrected chi connectivity index (χ1v) is 10.9. The molecule has 0 saturated carbocycles. The molecule has 2 atom stereocenters. The lowest BCUT2D eigenvalue weighted by Gasteiger charge is -2.41. The standard InChI is InChI=1S/C28H29NO2/c1-3-31-20-25-26(21-13-7-4-8-14-21)24(28(30)23-17-11-6-12-18-23)19-29(2)27(25)22-15-9-5-10-16-22/h4-18,24,26H,3,19-20H2,1-2H3/t24-,26-/m0/s1. The zero-order chi connectivity index (χ0) is 21.6. The molecule has 3 aromatic rings. The molecule has 0 aliphatic carbocycles. The van der Waals surface area contributed by atoms with E-state index in [1.807, 2.05) is 49.4 Å². The van der Waals surface area contributed by atoms with Gasteiger partial charge in [0.2, 0.25) is 0 Å². The minimum absolute atomic E-state index is 0.0353. The number of benzene rings is 3. The molecular formula is C28H29NO2. The molecule has 0 radical (unpaired) electrons. The second kappa shape index (κ2) is 9.76. The van der Waals surface area contributed by atoms with E-state index in [0.717, 1.165) is 16.7 Å². The van der Waals surface area contributed by atoms with E-state index in [9.17, 15) is 4.79 Å². The van der Waals surface area contributed by atoms with E-state index in [4.69, 9.17) is 4.74 Å². The lowest BCUT2D eigenvalue weighted by Crippen LogP contribution is -2.41. The van der Waals surface area contributed by atoms with Crippen LogP contribution in [0, 0.1) is 5.92 Å². The first-order valence-electron chi connectivity index (χ1n) is 10.9.